The summed E-state index contributed by atoms with van der Waals surface area (Å²) >= 11 is 0. The maximum Gasteiger partial charge on any atom is 0.138 e. The predicted octanol–water partition coefficient (Wildman–Crippen LogP) is 1.38. The van der Waals surface area contributed by atoms with Gasteiger partial charge in [-0.1, -0.05) is 20.8 Å². The highest BCUT2D eigenvalue weighted by molar-refractivity contribution is 4.88. The summed E-state index contributed by atoms with van der Waals surface area (Å²) in [5.41, 5.74) is 0. The van der Waals surface area contributed by atoms with Gasteiger partial charge in [-0.05, 0) is 12.8 Å². The number of nitrogens with one attached hydrogen (secondary N) is 1. The van der Waals surface area contributed by atoms with E-state index in [2.05, 4.69) is 43.1 Å². The Morgan fingerprint density at radius 1 is 1.33 bits per heavy atom. The Hall–Kier alpha value is -0.900. The van der Waals surface area contributed by atoms with Gasteiger partial charge in [0.1, 0.15) is 12.2 Å². The van der Waals surface area contributed by atoms with Crippen LogP contribution in [0.3, 0.4) is 0 Å². The molecule has 4 heteroatoms. The van der Waals surface area contributed by atoms with Crippen LogP contribution in [0, 0.1) is 5.92 Å². The van der Waals surface area contributed by atoms with Gasteiger partial charge >= 0.3 is 0 Å². The van der Waals surface area contributed by atoms with Crippen molar-refractivity contribution in [2.24, 2.45) is 13.0 Å². The van der Waals surface area contributed by atoms with Crippen molar-refractivity contribution in [2.75, 3.05) is 0 Å². The van der Waals surface area contributed by atoms with Crippen molar-refractivity contribution in [3.05, 3.63) is 12.2 Å². The molecule has 1 rings (SSSR count). The quantitative estimate of drug-likeness (QED) is 0.798. The van der Waals surface area contributed by atoms with Gasteiger partial charge in [0.05, 0.1) is 0 Å². The van der Waals surface area contributed by atoms with Crippen LogP contribution in [0.15, 0.2) is 6.33 Å². The van der Waals surface area contributed by atoms with Gasteiger partial charge < -0.3 is 5.32 Å². The van der Waals surface area contributed by atoms with Crippen LogP contribution < -0.4 is 5.32 Å². The number of aryl methyl sites for hydroxylation is 1. The predicted molar refractivity (Wildman–Crippen MR) is 61.6 cm³/mol. The van der Waals surface area contributed by atoms with E-state index in [1.807, 2.05) is 11.7 Å². The first kappa shape index (κ1) is 12.2. The van der Waals surface area contributed by atoms with Crippen LogP contribution in [0.25, 0.3) is 0 Å². The molecule has 1 heterocycles. The lowest BCUT2D eigenvalue weighted by Crippen LogP contribution is -2.38. The molecule has 0 fully saturated rings. The molecule has 0 aliphatic rings. The van der Waals surface area contributed by atoms with Crippen LogP contribution in [-0.4, -0.2) is 26.8 Å². The van der Waals surface area contributed by atoms with Crippen LogP contribution in [0.5, 0.6) is 0 Å². The third-order valence-corrected chi connectivity index (χ3v) is 2.76. The molecule has 0 radical (unpaired) electrons. The molecule has 0 saturated heterocycles. The van der Waals surface area contributed by atoms with E-state index in [4.69, 9.17) is 0 Å². The van der Waals surface area contributed by atoms with Crippen molar-refractivity contribution in [2.45, 2.75) is 46.2 Å². The number of nitrogens with zero attached hydrogens (tertiary/aromatic N) is 3. The third-order valence-electron chi connectivity index (χ3n) is 2.76. The highest BCUT2D eigenvalue weighted by atomic mass is 15.3. The molecule has 1 aromatic rings. The zero-order valence-corrected chi connectivity index (χ0v) is 10.4. The molecule has 2 unspecified atom stereocenters. The zero-order valence-electron chi connectivity index (χ0n) is 10.4. The fourth-order valence-corrected chi connectivity index (χ4v) is 1.66. The highest BCUT2D eigenvalue weighted by Crippen LogP contribution is 2.09. The molecule has 4 nitrogen and oxygen atoms in total. The molecular weight excluding hydrogens is 188 g/mol. The molecule has 0 spiro atoms. The van der Waals surface area contributed by atoms with Crippen LogP contribution in [0.4, 0.5) is 0 Å². The van der Waals surface area contributed by atoms with Crippen molar-refractivity contribution in [1.82, 2.24) is 20.1 Å². The molecule has 1 N–H and O–H groups in total. The average molecular weight is 210 g/mol. The second-order valence-electron chi connectivity index (χ2n) is 4.59. The highest BCUT2D eigenvalue weighted by Gasteiger charge is 2.15. The maximum absolute atomic E-state index is 4.24. The Labute approximate surface area is 92.1 Å². The van der Waals surface area contributed by atoms with Gasteiger partial charge in [0.15, 0.2) is 0 Å². The molecule has 0 saturated carbocycles. The fraction of sp³-hybridized carbons (Fsp3) is 0.818. The Morgan fingerprint density at radius 3 is 2.47 bits per heavy atom. The second-order valence-corrected chi connectivity index (χ2v) is 4.59. The van der Waals surface area contributed by atoms with Crippen molar-refractivity contribution in [1.29, 1.82) is 0 Å². The Kier molecular flexibility index (Phi) is 4.27. The minimum absolute atomic E-state index is 0.502. The van der Waals surface area contributed by atoms with Crippen molar-refractivity contribution >= 4 is 0 Å². The van der Waals surface area contributed by atoms with Gasteiger partial charge in [-0.2, -0.15) is 5.10 Å². The summed E-state index contributed by atoms with van der Waals surface area (Å²) in [4.78, 5) is 4.24. The number of rotatable bonds is 5. The fourth-order valence-electron chi connectivity index (χ4n) is 1.66. The van der Waals surface area contributed by atoms with Crippen LogP contribution in [0.2, 0.25) is 0 Å². The number of hydrogen-bond donors (Lipinski definition) is 1. The third kappa shape index (κ3) is 3.63. The molecular formula is C11H22N4. The summed E-state index contributed by atoms with van der Waals surface area (Å²) in [6.45, 7) is 8.81. The summed E-state index contributed by atoms with van der Waals surface area (Å²) < 4.78 is 1.85. The number of aromatic nitrogens is 3. The van der Waals surface area contributed by atoms with Crippen molar-refractivity contribution in [3.8, 4) is 0 Å². The summed E-state index contributed by atoms with van der Waals surface area (Å²) in [6, 6.07) is 1.03. The van der Waals surface area contributed by atoms with Crippen LogP contribution in [0.1, 0.15) is 33.5 Å². The summed E-state index contributed by atoms with van der Waals surface area (Å²) in [5.74, 6) is 1.62. The molecule has 0 bridgehead atoms. The van der Waals surface area contributed by atoms with Gasteiger partial charge in [-0.15, -0.1) is 0 Å². The first-order chi connectivity index (χ1) is 7.00. The van der Waals surface area contributed by atoms with Crippen molar-refractivity contribution in [3.63, 3.8) is 0 Å². The molecule has 15 heavy (non-hydrogen) atoms. The summed E-state index contributed by atoms with van der Waals surface area (Å²) in [7, 11) is 1.94. The minimum atomic E-state index is 0.502. The second kappa shape index (κ2) is 5.26. The van der Waals surface area contributed by atoms with E-state index in [-0.39, 0.29) is 0 Å². The maximum atomic E-state index is 4.24. The van der Waals surface area contributed by atoms with E-state index >= 15 is 0 Å². The van der Waals surface area contributed by atoms with E-state index in [0.29, 0.717) is 18.0 Å². The standard InChI is InChI=1S/C11H22N4/c1-8(2)14-10(4)9(3)6-11-12-7-13-15(11)5/h7-10,14H,6H2,1-5H3. The average Bonchev–Trinajstić information content (AvgIpc) is 2.50. The Morgan fingerprint density at radius 2 is 2.00 bits per heavy atom. The van der Waals surface area contributed by atoms with Crippen LogP contribution >= 0.6 is 0 Å². The monoisotopic (exact) mass is 210 g/mol. The summed E-state index contributed by atoms with van der Waals surface area (Å²) in [6.07, 6.45) is 2.58. The Bertz CT molecular complexity index is 293. The normalized spacial score (nSPS) is 15.6. The lowest BCUT2D eigenvalue weighted by atomic mass is 9.99. The van der Waals surface area contributed by atoms with E-state index < -0.39 is 0 Å². The minimum Gasteiger partial charge on any atom is -0.312 e. The Balaban J connectivity index is 2.48. The molecule has 0 amide bonds. The zero-order chi connectivity index (χ0) is 11.4. The largest absolute Gasteiger partial charge is 0.312 e. The molecule has 0 aliphatic carbocycles. The molecule has 2 atom stereocenters. The van der Waals surface area contributed by atoms with Crippen molar-refractivity contribution < 1.29 is 0 Å². The lowest BCUT2D eigenvalue weighted by molar-refractivity contribution is 0.364. The van der Waals surface area contributed by atoms with E-state index in [1.54, 1.807) is 6.33 Å². The first-order valence-corrected chi connectivity index (χ1v) is 5.59. The van der Waals surface area contributed by atoms with Gasteiger partial charge in [0, 0.05) is 25.6 Å². The van der Waals surface area contributed by atoms with Gasteiger partial charge in [-0.25, -0.2) is 4.98 Å². The van der Waals surface area contributed by atoms with Gasteiger partial charge in [-0.3, -0.25) is 4.68 Å². The van der Waals surface area contributed by atoms with E-state index in [0.717, 1.165) is 12.2 Å². The first-order valence-electron chi connectivity index (χ1n) is 5.59. The van der Waals surface area contributed by atoms with E-state index in [1.165, 1.54) is 0 Å². The van der Waals surface area contributed by atoms with Crippen LogP contribution in [-0.2, 0) is 13.5 Å². The summed E-state index contributed by atoms with van der Waals surface area (Å²) in [5, 5.41) is 7.59. The van der Waals surface area contributed by atoms with Gasteiger partial charge in [0.25, 0.3) is 0 Å². The molecule has 86 valence electrons. The molecule has 0 aromatic carbocycles. The smallest absolute Gasteiger partial charge is 0.138 e. The SMILES string of the molecule is CC(C)NC(C)C(C)Cc1ncnn1C. The molecule has 0 aliphatic heterocycles. The van der Waals surface area contributed by atoms with Gasteiger partial charge in [0.2, 0.25) is 0 Å². The molecule has 1 aromatic heterocycles. The topological polar surface area (TPSA) is 42.7 Å². The number of hydrogen-bond acceptors (Lipinski definition) is 3. The van der Waals surface area contributed by atoms with E-state index in [9.17, 15) is 0 Å². The lowest BCUT2D eigenvalue weighted by Gasteiger charge is -2.23.